The number of hydrogen-bond acceptors (Lipinski definition) is 4. The fourth-order valence-electron chi connectivity index (χ4n) is 2.70. The van der Waals surface area contributed by atoms with E-state index in [0.29, 0.717) is 18.5 Å². The maximum atomic E-state index is 12.8. The van der Waals surface area contributed by atoms with E-state index in [2.05, 4.69) is 5.32 Å². The second-order valence-electron chi connectivity index (χ2n) is 6.60. The number of sulfonamides is 1. The van der Waals surface area contributed by atoms with Gasteiger partial charge >= 0.3 is 5.97 Å². The molecule has 2 aromatic rings. The number of amides is 1. The maximum Gasteiger partial charge on any atom is 0.311 e. The molecule has 1 aliphatic carbocycles. The monoisotopic (exact) mass is 388 g/mol. The summed E-state index contributed by atoms with van der Waals surface area (Å²) in [6, 6.07) is 14.3. The third kappa shape index (κ3) is 3.80. The number of aliphatic carboxylic acids is 1. The van der Waals surface area contributed by atoms with Gasteiger partial charge < -0.3 is 10.4 Å². The van der Waals surface area contributed by atoms with Crippen molar-refractivity contribution in [3.8, 4) is 0 Å². The van der Waals surface area contributed by atoms with Crippen LogP contribution in [-0.4, -0.2) is 39.0 Å². The third-order valence-corrected chi connectivity index (χ3v) is 6.55. The first kappa shape index (κ1) is 18.9. The number of benzene rings is 2. The molecule has 8 heteroatoms. The van der Waals surface area contributed by atoms with Crippen LogP contribution in [0.5, 0.6) is 0 Å². The Bertz CT molecular complexity index is 969. The number of carboxylic acid groups (broad SMARTS) is 1. The van der Waals surface area contributed by atoms with Gasteiger partial charge in [-0.3, -0.25) is 13.9 Å². The highest BCUT2D eigenvalue weighted by atomic mass is 32.2. The van der Waals surface area contributed by atoms with Gasteiger partial charge in [-0.05, 0) is 43.2 Å². The number of anilines is 1. The Labute approximate surface area is 157 Å². The molecule has 0 unspecified atom stereocenters. The van der Waals surface area contributed by atoms with Crippen LogP contribution in [0.3, 0.4) is 0 Å². The van der Waals surface area contributed by atoms with Gasteiger partial charge in [0.25, 0.3) is 15.9 Å². The van der Waals surface area contributed by atoms with E-state index in [0.717, 1.165) is 4.31 Å². The van der Waals surface area contributed by atoms with Crippen molar-refractivity contribution in [2.24, 2.45) is 5.41 Å². The molecule has 0 atom stereocenters. The first-order valence-electron chi connectivity index (χ1n) is 8.42. The predicted octanol–water partition coefficient (Wildman–Crippen LogP) is 2.11. The van der Waals surface area contributed by atoms with Gasteiger partial charge in [0, 0.05) is 19.2 Å². The summed E-state index contributed by atoms with van der Waals surface area (Å²) >= 11 is 0. The maximum absolute atomic E-state index is 12.8. The number of rotatable bonds is 7. The van der Waals surface area contributed by atoms with Crippen molar-refractivity contribution in [2.45, 2.75) is 17.7 Å². The predicted molar refractivity (Wildman–Crippen MR) is 100 cm³/mol. The highest BCUT2D eigenvalue weighted by molar-refractivity contribution is 7.92. The zero-order valence-electron chi connectivity index (χ0n) is 14.8. The molecule has 0 spiro atoms. The van der Waals surface area contributed by atoms with Crippen molar-refractivity contribution in [3.63, 3.8) is 0 Å². The SMILES string of the molecule is CN(c1ccccc1)S(=O)(=O)c1cccc(C(=O)NCC2(C(=O)O)CC2)c1. The van der Waals surface area contributed by atoms with E-state index >= 15 is 0 Å². The van der Waals surface area contributed by atoms with Gasteiger partial charge in [-0.1, -0.05) is 24.3 Å². The summed E-state index contributed by atoms with van der Waals surface area (Å²) in [4.78, 5) is 23.5. The van der Waals surface area contributed by atoms with Crippen LogP contribution in [0.1, 0.15) is 23.2 Å². The minimum atomic E-state index is -3.83. The molecule has 27 heavy (non-hydrogen) atoms. The quantitative estimate of drug-likeness (QED) is 0.756. The molecule has 1 amide bonds. The van der Waals surface area contributed by atoms with Crippen LogP contribution in [0.4, 0.5) is 5.69 Å². The molecule has 1 fully saturated rings. The molecule has 0 bridgehead atoms. The van der Waals surface area contributed by atoms with Gasteiger partial charge in [-0.25, -0.2) is 8.42 Å². The Hall–Kier alpha value is -2.87. The van der Waals surface area contributed by atoms with Crippen LogP contribution < -0.4 is 9.62 Å². The van der Waals surface area contributed by atoms with Crippen molar-refractivity contribution in [2.75, 3.05) is 17.9 Å². The molecule has 2 N–H and O–H groups in total. The molecule has 0 saturated heterocycles. The lowest BCUT2D eigenvalue weighted by Crippen LogP contribution is -2.34. The fourth-order valence-corrected chi connectivity index (χ4v) is 3.94. The average Bonchev–Trinajstić information content (AvgIpc) is 3.47. The molecule has 3 rings (SSSR count). The Morgan fingerprint density at radius 2 is 1.78 bits per heavy atom. The standard InChI is InChI=1S/C19H20N2O5S/c1-21(15-7-3-2-4-8-15)27(25,26)16-9-5-6-14(12-16)17(22)20-13-19(10-11-19)18(23)24/h2-9,12H,10-11,13H2,1H3,(H,20,22)(H,23,24). The van der Waals surface area contributed by atoms with E-state index in [1.165, 1.54) is 31.3 Å². The largest absolute Gasteiger partial charge is 0.481 e. The Balaban J connectivity index is 1.78. The summed E-state index contributed by atoms with van der Waals surface area (Å²) in [6.45, 7) is 0.0298. The Morgan fingerprint density at radius 3 is 2.37 bits per heavy atom. The van der Waals surface area contributed by atoms with Crippen LogP contribution >= 0.6 is 0 Å². The van der Waals surface area contributed by atoms with Gasteiger partial charge in [0.1, 0.15) is 0 Å². The molecule has 0 radical (unpaired) electrons. The molecule has 142 valence electrons. The Morgan fingerprint density at radius 1 is 1.11 bits per heavy atom. The molecule has 2 aromatic carbocycles. The van der Waals surface area contributed by atoms with Crippen molar-refractivity contribution in [1.82, 2.24) is 5.32 Å². The molecule has 0 heterocycles. The lowest BCUT2D eigenvalue weighted by Gasteiger charge is -2.19. The minimum absolute atomic E-state index is 0.0131. The van der Waals surface area contributed by atoms with Gasteiger partial charge in [-0.15, -0.1) is 0 Å². The molecular formula is C19H20N2O5S. The fraction of sp³-hybridized carbons (Fsp3) is 0.263. The topological polar surface area (TPSA) is 104 Å². The van der Waals surface area contributed by atoms with Gasteiger partial charge in [0.05, 0.1) is 16.0 Å². The number of nitrogens with one attached hydrogen (secondary N) is 1. The molecular weight excluding hydrogens is 368 g/mol. The van der Waals surface area contributed by atoms with Crippen LogP contribution in [0.15, 0.2) is 59.5 Å². The summed E-state index contributed by atoms with van der Waals surface area (Å²) < 4.78 is 26.8. The van der Waals surface area contributed by atoms with Crippen molar-refractivity contribution in [1.29, 1.82) is 0 Å². The van der Waals surface area contributed by atoms with Crippen LogP contribution in [0.2, 0.25) is 0 Å². The van der Waals surface area contributed by atoms with Gasteiger partial charge in [0.2, 0.25) is 0 Å². The molecule has 0 aliphatic heterocycles. The summed E-state index contributed by atoms with van der Waals surface area (Å²) in [5, 5.41) is 11.8. The summed E-state index contributed by atoms with van der Waals surface area (Å²) in [7, 11) is -2.39. The lowest BCUT2D eigenvalue weighted by molar-refractivity contribution is -0.143. The van der Waals surface area contributed by atoms with E-state index in [-0.39, 0.29) is 17.0 Å². The number of hydrogen-bond donors (Lipinski definition) is 2. The van der Waals surface area contributed by atoms with Crippen molar-refractivity contribution < 1.29 is 23.1 Å². The van der Waals surface area contributed by atoms with Gasteiger partial charge in [0.15, 0.2) is 0 Å². The number of carbonyl (C=O) groups is 2. The van der Waals surface area contributed by atoms with E-state index in [1.54, 1.807) is 30.3 Å². The van der Waals surface area contributed by atoms with E-state index in [9.17, 15) is 23.1 Å². The van der Waals surface area contributed by atoms with Crippen LogP contribution in [0, 0.1) is 5.41 Å². The molecule has 1 saturated carbocycles. The number of para-hydroxylation sites is 1. The number of carboxylic acids is 1. The number of nitrogens with zero attached hydrogens (tertiary/aromatic N) is 1. The van der Waals surface area contributed by atoms with Crippen LogP contribution in [-0.2, 0) is 14.8 Å². The molecule has 1 aliphatic rings. The highest BCUT2D eigenvalue weighted by Gasteiger charge is 2.50. The zero-order valence-corrected chi connectivity index (χ0v) is 15.6. The van der Waals surface area contributed by atoms with Crippen molar-refractivity contribution >= 4 is 27.6 Å². The lowest BCUT2D eigenvalue weighted by atomic mass is 10.1. The molecule has 0 aromatic heterocycles. The van der Waals surface area contributed by atoms with E-state index in [4.69, 9.17) is 0 Å². The summed E-state index contributed by atoms with van der Waals surface area (Å²) in [6.07, 6.45) is 1.05. The minimum Gasteiger partial charge on any atom is -0.481 e. The molecule has 7 nitrogen and oxygen atoms in total. The van der Waals surface area contributed by atoms with E-state index < -0.39 is 27.3 Å². The second kappa shape index (κ2) is 7.03. The first-order valence-corrected chi connectivity index (χ1v) is 9.86. The third-order valence-electron chi connectivity index (χ3n) is 4.77. The van der Waals surface area contributed by atoms with Gasteiger partial charge in [-0.2, -0.15) is 0 Å². The first-order chi connectivity index (χ1) is 12.8. The highest BCUT2D eigenvalue weighted by Crippen LogP contribution is 2.45. The van der Waals surface area contributed by atoms with E-state index in [1.807, 2.05) is 0 Å². The summed E-state index contributed by atoms with van der Waals surface area (Å²) in [5.74, 6) is -1.43. The summed E-state index contributed by atoms with van der Waals surface area (Å²) in [5.41, 5.74) is -0.212. The average molecular weight is 388 g/mol. The van der Waals surface area contributed by atoms with Crippen LogP contribution in [0.25, 0.3) is 0 Å². The second-order valence-corrected chi connectivity index (χ2v) is 8.57. The zero-order chi connectivity index (χ0) is 19.7. The van der Waals surface area contributed by atoms with Crippen molar-refractivity contribution in [3.05, 3.63) is 60.2 Å². The smallest absolute Gasteiger partial charge is 0.311 e. The Kier molecular flexibility index (Phi) is 4.93. The normalized spacial score (nSPS) is 15.0. The number of carbonyl (C=O) groups excluding carboxylic acids is 1.